The van der Waals surface area contributed by atoms with Crippen LogP contribution in [0.5, 0.6) is 0 Å². The first-order valence-corrected chi connectivity index (χ1v) is 6.11. The van der Waals surface area contributed by atoms with Crippen LogP contribution in [0.15, 0.2) is 43.0 Å². The second-order valence-corrected chi connectivity index (χ2v) is 5.11. The summed E-state index contributed by atoms with van der Waals surface area (Å²) in [6, 6.07) is 10.5. The third-order valence-corrected chi connectivity index (χ3v) is 3.26. The molecule has 0 fully saturated rings. The van der Waals surface area contributed by atoms with Crippen molar-refractivity contribution in [2.24, 2.45) is 0 Å². The van der Waals surface area contributed by atoms with Crippen molar-refractivity contribution in [3.05, 3.63) is 48.6 Å². The molecule has 0 amide bonds. The van der Waals surface area contributed by atoms with Gasteiger partial charge in [-0.25, -0.2) is 4.79 Å². The normalized spacial score (nSPS) is 12.2. The maximum absolute atomic E-state index is 11.1. The Morgan fingerprint density at radius 1 is 1.37 bits per heavy atom. The largest absolute Gasteiger partial charge is 1.00 e. The van der Waals surface area contributed by atoms with E-state index in [1.54, 1.807) is 0 Å². The van der Waals surface area contributed by atoms with Gasteiger partial charge in [-0.15, -0.1) is 0 Å². The van der Waals surface area contributed by atoms with Gasteiger partial charge in [0.2, 0.25) is 0 Å². The molecule has 0 spiro atoms. The molecule has 0 N–H and O–H groups in total. The number of quaternary nitrogens is 1. The molecule has 19 heavy (non-hydrogen) atoms. The van der Waals surface area contributed by atoms with Crippen LogP contribution in [0.1, 0.15) is 12.5 Å². The molecule has 1 rings (SSSR count). The molecule has 0 heterocycles. The van der Waals surface area contributed by atoms with Crippen molar-refractivity contribution in [1.82, 2.24) is 0 Å². The smallest absolute Gasteiger partial charge is 0.330 e. The lowest BCUT2D eigenvalue weighted by Crippen LogP contribution is -3.00. The second-order valence-electron chi connectivity index (χ2n) is 5.11. The van der Waals surface area contributed by atoms with Crippen LogP contribution in [-0.2, 0) is 16.1 Å². The maximum atomic E-state index is 11.1. The van der Waals surface area contributed by atoms with Gasteiger partial charge in [-0.3, -0.25) is 0 Å². The van der Waals surface area contributed by atoms with E-state index in [0.29, 0.717) is 6.61 Å². The van der Waals surface area contributed by atoms with Crippen molar-refractivity contribution in [1.29, 1.82) is 0 Å². The molecule has 0 aliphatic rings. The summed E-state index contributed by atoms with van der Waals surface area (Å²) < 4.78 is 5.88. The Bertz CT molecular complexity index is 404. The van der Waals surface area contributed by atoms with Crippen molar-refractivity contribution in [3.63, 3.8) is 0 Å². The lowest BCUT2D eigenvalue weighted by molar-refractivity contribution is -0.926. The molecule has 0 saturated heterocycles. The van der Waals surface area contributed by atoms with Crippen molar-refractivity contribution in [3.8, 4) is 0 Å². The summed E-state index contributed by atoms with van der Waals surface area (Å²) in [5, 5.41) is 0. The number of carbonyl (C=O) groups excluding carboxylic acids is 1. The standard InChI is InChI=1S/C15H22NO2.ClH/c1-5-15(17)18-12-13(2)16(3,4)11-14-9-7-6-8-10-14;/h5-10,13H,1,11-12H2,2-4H3;1H/q+1;/p-1. The van der Waals surface area contributed by atoms with Crippen LogP contribution in [0.3, 0.4) is 0 Å². The van der Waals surface area contributed by atoms with E-state index in [1.807, 2.05) is 18.2 Å². The Hall–Kier alpha value is -1.32. The molecule has 1 aromatic rings. The molecule has 0 bridgehead atoms. The van der Waals surface area contributed by atoms with Gasteiger partial charge in [-0.2, -0.15) is 0 Å². The highest BCUT2D eigenvalue weighted by atomic mass is 35.5. The van der Waals surface area contributed by atoms with Gasteiger partial charge in [0, 0.05) is 11.6 Å². The van der Waals surface area contributed by atoms with E-state index in [-0.39, 0.29) is 24.4 Å². The lowest BCUT2D eigenvalue weighted by atomic mass is 10.1. The highest BCUT2D eigenvalue weighted by Crippen LogP contribution is 2.14. The predicted molar refractivity (Wildman–Crippen MR) is 72.9 cm³/mol. The quantitative estimate of drug-likeness (QED) is 0.395. The molecule has 1 atom stereocenters. The fourth-order valence-electron chi connectivity index (χ4n) is 1.67. The van der Waals surface area contributed by atoms with E-state index in [2.05, 4.69) is 39.7 Å². The Morgan fingerprint density at radius 3 is 2.47 bits per heavy atom. The van der Waals surface area contributed by atoms with Crippen LogP contribution in [0, 0.1) is 0 Å². The zero-order valence-electron chi connectivity index (χ0n) is 11.8. The summed E-state index contributed by atoms with van der Waals surface area (Å²) in [6.07, 6.45) is 1.20. The average Bonchev–Trinajstić information content (AvgIpc) is 2.36. The van der Waals surface area contributed by atoms with E-state index in [4.69, 9.17) is 4.74 Å². The molecular formula is C15H22ClNO2. The topological polar surface area (TPSA) is 26.3 Å². The van der Waals surface area contributed by atoms with Crippen LogP contribution < -0.4 is 12.4 Å². The van der Waals surface area contributed by atoms with Gasteiger partial charge in [0.15, 0.2) is 0 Å². The van der Waals surface area contributed by atoms with Gasteiger partial charge in [0.25, 0.3) is 0 Å². The monoisotopic (exact) mass is 283 g/mol. The highest BCUT2D eigenvalue weighted by molar-refractivity contribution is 5.81. The maximum Gasteiger partial charge on any atom is 0.330 e. The molecule has 106 valence electrons. The first-order chi connectivity index (χ1) is 8.45. The number of hydrogen-bond acceptors (Lipinski definition) is 2. The summed E-state index contributed by atoms with van der Waals surface area (Å²) >= 11 is 0. The van der Waals surface area contributed by atoms with Gasteiger partial charge in [-0.1, -0.05) is 36.9 Å². The van der Waals surface area contributed by atoms with E-state index in [1.165, 1.54) is 11.6 Å². The summed E-state index contributed by atoms with van der Waals surface area (Å²) in [5.41, 5.74) is 1.28. The summed E-state index contributed by atoms with van der Waals surface area (Å²) in [5.74, 6) is -0.360. The van der Waals surface area contributed by atoms with Crippen molar-refractivity contribution >= 4 is 5.97 Å². The van der Waals surface area contributed by atoms with Crippen LogP contribution in [0.25, 0.3) is 0 Å². The second kappa shape index (κ2) is 7.97. The number of carbonyl (C=O) groups is 1. The van der Waals surface area contributed by atoms with Crippen molar-refractivity contribution in [2.45, 2.75) is 19.5 Å². The predicted octanol–water partition coefficient (Wildman–Crippen LogP) is -0.615. The van der Waals surface area contributed by atoms with E-state index >= 15 is 0 Å². The average molecular weight is 284 g/mol. The van der Waals surface area contributed by atoms with Crippen LogP contribution in [-0.4, -0.2) is 37.2 Å². The molecular weight excluding hydrogens is 262 g/mol. The van der Waals surface area contributed by atoms with Gasteiger partial charge >= 0.3 is 5.97 Å². The van der Waals surface area contributed by atoms with Gasteiger partial charge in [0.1, 0.15) is 19.2 Å². The molecule has 0 aliphatic heterocycles. The minimum absolute atomic E-state index is 0. The van der Waals surface area contributed by atoms with Crippen LogP contribution in [0.2, 0.25) is 0 Å². The van der Waals surface area contributed by atoms with Gasteiger partial charge in [-0.05, 0) is 6.92 Å². The molecule has 0 saturated carbocycles. The van der Waals surface area contributed by atoms with Crippen molar-refractivity contribution in [2.75, 3.05) is 20.7 Å². The molecule has 1 aromatic carbocycles. The van der Waals surface area contributed by atoms with Crippen LogP contribution >= 0.6 is 0 Å². The Balaban J connectivity index is 0.00000324. The number of halogens is 1. The number of ether oxygens (including phenoxy) is 1. The number of likely N-dealkylation sites (N-methyl/N-ethyl adjacent to an activating group) is 1. The first kappa shape index (κ1) is 17.7. The number of rotatable bonds is 6. The summed E-state index contributed by atoms with van der Waals surface area (Å²) in [7, 11) is 4.28. The Morgan fingerprint density at radius 2 is 1.95 bits per heavy atom. The third-order valence-electron chi connectivity index (χ3n) is 3.26. The number of benzene rings is 1. The SMILES string of the molecule is C=CC(=O)OCC(C)[N+](C)(C)Cc1ccccc1.[Cl-]. The zero-order chi connectivity index (χ0) is 13.6. The fourth-order valence-corrected chi connectivity index (χ4v) is 1.67. The molecule has 0 radical (unpaired) electrons. The Kier molecular flexibility index (Phi) is 7.42. The van der Waals surface area contributed by atoms with E-state index < -0.39 is 0 Å². The van der Waals surface area contributed by atoms with E-state index in [0.717, 1.165) is 11.0 Å². The third kappa shape index (κ3) is 5.90. The van der Waals surface area contributed by atoms with Gasteiger partial charge < -0.3 is 21.6 Å². The lowest BCUT2D eigenvalue weighted by Gasteiger charge is -2.35. The van der Waals surface area contributed by atoms with Crippen molar-refractivity contribution < 1.29 is 26.4 Å². The first-order valence-electron chi connectivity index (χ1n) is 6.11. The fraction of sp³-hybridized carbons (Fsp3) is 0.400. The highest BCUT2D eigenvalue weighted by Gasteiger charge is 2.25. The minimum atomic E-state index is -0.360. The summed E-state index contributed by atoms with van der Waals surface area (Å²) in [4.78, 5) is 11.1. The molecule has 1 unspecified atom stereocenters. The number of esters is 1. The number of nitrogens with zero attached hydrogens (tertiary/aromatic N) is 1. The molecule has 0 aliphatic carbocycles. The molecule has 3 nitrogen and oxygen atoms in total. The van der Waals surface area contributed by atoms with Gasteiger partial charge in [0.05, 0.1) is 14.1 Å². The number of hydrogen-bond donors (Lipinski definition) is 0. The molecule has 0 aromatic heterocycles. The summed E-state index contributed by atoms with van der Waals surface area (Å²) in [6.45, 7) is 6.79. The van der Waals surface area contributed by atoms with Crippen LogP contribution in [0.4, 0.5) is 0 Å². The Labute approximate surface area is 121 Å². The van der Waals surface area contributed by atoms with E-state index in [9.17, 15) is 4.79 Å². The zero-order valence-corrected chi connectivity index (χ0v) is 12.6. The molecule has 4 heteroatoms. The minimum Gasteiger partial charge on any atom is -1.00 e.